The first-order valence-corrected chi connectivity index (χ1v) is 6.79. The summed E-state index contributed by atoms with van der Waals surface area (Å²) in [5.41, 5.74) is 0.148. The highest BCUT2D eigenvalue weighted by atomic mass is 16.6. The smallest absolute Gasteiger partial charge is 0.271 e. The van der Waals surface area contributed by atoms with Gasteiger partial charge in [0.2, 0.25) is 11.8 Å². The lowest BCUT2D eigenvalue weighted by Crippen LogP contribution is -2.31. The van der Waals surface area contributed by atoms with Crippen LogP contribution in [0.15, 0.2) is 36.4 Å². The van der Waals surface area contributed by atoms with Gasteiger partial charge in [-0.2, -0.15) is 0 Å². The maximum absolute atomic E-state index is 12.5. The Morgan fingerprint density at radius 1 is 1.29 bits per heavy atom. The van der Waals surface area contributed by atoms with Crippen LogP contribution >= 0.6 is 0 Å². The van der Waals surface area contributed by atoms with Crippen LogP contribution in [0.25, 0.3) is 0 Å². The number of carbonyl (C=O) groups excluding carboxylic acids is 2. The maximum Gasteiger partial charge on any atom is 0.271 e. The first kappa shape index (κ1) is 13.5. The molecule has 1 aromatic rings. The molecule has 0 unspecified atom stereocenters. The summed E-state index contributed by atoms with van der Waals surface area (Å²) in [6.45, 7) is 1.91. The van der Waals surface area contributed by atoms with Crippen LogP contribution in [0.4, 0.5) is 11.4 Å². The third kappa shape index (κ3) is 2.03. The van der Waals surface area contributed by atoms with Crippen molar-refractivity contribution >= 4 is 23.2 Å². The van der Waals surface area contributed by atoms with Crippen LogP contribution in [0.2, 0.25) is 0 Å². The Balaban J connectivity index is 2.00. The van der Waals surface area contributed by atoms with Gasteiger partial charge in [0, 0.05) is 12.1 Å². The molecule has 0 N–H and O–H groups in total. The largest absolute Gasteiger partial charge is 0.274 e. The van der Waals surface area contributed by atoms with E-state index < -0.39 is 4.92 Å². The molecule has 1 aliphatic heterocycles. The van der Waals surface area contributed by atoms with E-state index in [1.807, 2.05) is 19.1 Å². The average molecular weight is 286 g/mol. The summed E-state index contributed by atoms with van der Waals surface area (Å²) in [7, 11) is 0. The van der Waals surface area contributed by atoms with Crippen LogP contribution in [0.5, 0.6) is 0 Å². The Hall–Kier alpha value is -2.50. The van der Waals surface area contributed by atoms with Gasteiger partial charge in [0.05, 0.1) is 22.4 Å². The molecule has 0 aromatic heterocycles. The van der Waals surface area contributed by atoms with E-state index in [-0.39, 0.29) is 40.9 Å². The van der Waals surface area contributed by atoms with Gasteiger partial charge in [-0.3, -0.25) is 19.7 Å². The summed E-state index contributed by atoms with van der Waals surface area (Å²) in [4.78, 5) is 36.4. The van der Waals surface area contributed by atoms with Crippen LogP contribution in [0, 0.1) is 27.9 Å². The molecule has 3 rings (SSSR count). The monoisotopic (exact) mass is 286 g/mol. The average Bonchev–Trinajstić information content (AvgIpc) is 2.72. The highest BCUT2D eigenvalue weighted by molar-refractivity contribution is 6.22. The lowest BCUT2D eigenvalue weighted by Gasteiger charge is -2.22. The quantitative estimate of drug-likeness (QED) is 0.361. The number of nitro groups is 1. The fourth-order valence-electron chi connectivity index (χ4n) is 3.15. The minimum atomic E-state index is -0.536. The van der Waals surface area contributed by atoms with Gasteiger partial charge in [-0.1, -0.05) is 25.1 Å². The van der Waals surface area contributed by atoms with Crippen molar-refractivity contribution in [3.63, 3.8) is 0 Å². The van der Waals surface area contributed by atoms with Crippen molar-refractivity contribution in [2.24, 2.45) is 17.8 Å². The van der Waals surface area contributed by atoms with E-state index >= 15 is 0 Å². The predicted molar refractivity (Wildman–Crippen MR) is 75.5 cm³/mol. The summed E-state index contributed by atoms with van der Waals surface area (Å²) in [5.74, 6) is -1.23. The Kier molecular flexibility index (Phi) is 3.08. The van der Waals surface area contributed by atoms with E-state index in [2.05, 4.69) is 0 Å². The zero-order valence-electron chi connectivity index (χ0n) is 11.4. The molecule has 6 nitrogen and oxygen atoms in total. The van der Waals surface area contributed by atoms with E-state index in [0.717, 1.165) is 4.90 Å². The number of rotatable bonds is 2. The third-order valence-corrected chi connectivity index (χ3v) is 4.17. The number of nitrogens with zero attached hydrogens (tertiary/aromatic N) is 2. The summed E-state index contributed by atoms with van der Waals surface area (Å²) >= 11 is 0. The second kappa shape index (κ2) is 4.80. The molecule has 0 saturated carbocycles. The molecule has 1 fully saturated rings. The van der Waals surface area contributed by atoms with E-state index in [0.29, 0.717) is 6.42 Å². The minimum absolute atomic E-state index is 0.00361. The highest BCUT2D eigenvalue weighted by Crippen LogP contribution is 2.40. The maximum atomic E-state index is 12.5. The van der Waals surface area contributed by atoms with Crippen molar-refractivity contribution in [2.75, 3.05) is 4.90 Å². The van der Waals surface area contributed by atoms with Crippen molar-refractivity contribution in [1.29, 1.82) is 0 Å². The molecule has 0 radical (unpaired) electrons. The molecule has 3 atom stereocenters. The Morgan fingerprint density at radius 3 is 2.71 bits per heavy atom. The lowest BCUT2D eigenvalue weighted by molar-refractivity contribution is -0.384. The SMILES string of the molecule is C[C@@H]1C=CC[C@H]2C(=O)N(c3cccc([N+](=O)[O-])c3)C(=O)[C@H]12. The Labute approximate surface area is 121 Å². The molecular weight excluding hydrogens is 272 g/mol. The van der Waals surface area contributed by atoms with Crippen molar-refractivity contribution in [1.82, 2.24) is 0 Å². The number of allylic oxidation sites excluding steroid dienone is 2. The highest BCUT2D eigenvalue weighted by Gasteiger charge is 2.50. The van der Waals surface area contributed by atoms with Crippen LogP contribution in [-0.2, 0) is 9.59 Å². The van der Waals surface area contributed by atoms with E-state index in [1.165, 1.54) is 18.2 Å². The molecule has 0 bridgehead atoms. The second-order valence-corrected chi connectivity index (χ2v) is 5.44. The fourth-order valence-corrected chi connectivity index (χ4v) is 3.15. The number of benzene rings is 1. The fraction of sp³-hybridized carbons (Fsp3) is 0.333. The summed E-state index contributed by atoms with van der Waals surface area (Å²) in [6, 6.07) is 5.65. The molecule has 2 amide bonds. The number of non-ortho nitro benzene ring substituents is 1. The van der Waals surface area contributed by atoms with Gasteiger partial charge >= 0.3 is 0 Å². The summed E-state index contributed by atoms with van der Waals surface area (Å²) < 4.78 is 0. The van der Waals surface area contributed by atoms with E-state index in [9.17, 15) is 19.7 Å². The van der Waals surface area contributed by atoms with Crippen molar-refractivity contribution < 1.29 is 14.5 Å². The van der Waals surface area contributed by atoms with Gasteiger partial charge in [0.15, 0.2) is 0 Å². The van der Waals surface area contributed by atoms with Crippen LogP contribution < -0.4 is 4.90 Å². The normalized spacial score (nSPS) is 27.9. The van der Waals surface area contributed by atoms with Crippen molar-refractivity contribution in [2.45, 2.75) is 13.3 Å². The molecular formula is C15H14N2O4. The molecule has 21 heavy (non-hydrogen) atoms. The number of amides is 2. The van der Waals surface area contributed by atoms with E-state index in [1.54, 1.807) is 6.07 Å². The molecule has 108 valence electrons. The van der Waals surface area contributed by atoms with Gasteiger partial charge < -0.3 is 0 Å². The molecule has 6 heteroatoms. The zero-order valence-corrected chi connectivity index (χ0v) is 11.4. The number of hydrogen-bond donors (Lipinski definition) is 0. The second-order valence-electron chi connectivity index (χ2n) is 5.44. The lowest BCUT2D eigenvalue weighted by atomic mass is 9.78. The number of fused-ring (bicyclic) bond motifs is 1. The number of imide groups is 1. The van der Waals surface area contributed by atoms with Crippen LogP contribution in [0.3, 0.4) is 0 Å². The van der Waals surface area contributed by atoms with Gasteiger partial charge in [-0.25, -0.2) is 4.90 Å². The summed E-state index contributed by atoms with van der Waals surface area (Å²) in [5, 5.41) is 10.8. The number of anilines is 1. The zero-order chi connectivity index (χ0) is 15.1. The molecule has 1 aromatic carbocycles. The first-order chi connectivity index (χ1) is 10.0. The Bertz CT molecular complexity index is 667. The molecule has 1 heterocycles. The van der Waals surface area contributed by atoms with Crippen LogP contribution in [0.1, 0.15) is 13.3 Å². The molecule has 0 spiro atoms. The minimum Gasteiger partial charge on any atom is -0.274 e. The Morgan fingerprint density at radius 2 is 2.05 bits per heavy atom. The molecule has 1 aliphatic carbocycles. The molecule has 2 aliphatic rings. The third-order valence-electron chi connectivity index (χ3n) is 4.17. The van der Waals surface area contributed by atoms with Gasteiger partial charge in [-0.15, -0.1) is 0 Å². The van der Waals surface area contributed by atoms with Crippen molar-refractivity contribution in [3.8, 4) is 0 Å². The number of hydrogen-bond acceptors (Lipinski definition) is 4. The van der Waals surface area contributed by atoms with Gasteiger partial charge in [0.1, 0.15) is 0 Å². The standard InChI is InChI=1S/C15H14N2O4/c1-9-4-2-7-12-13(9)15(19)16(14(12)18)10-5-3-6-11(8-10)17(20)21/h2-6,8-9,12-13H,7H2,1H3/t9-,12-,13-/m1/s1. The number of carbonyl (C=O) groups is 2. The topological polar surface area (TPSA) is 80.5 Å². The van der Waals surface area contributed by atoms with Gasteiger partial charge in [0.25, 0.3) is 5.69 Å². The first-order valence-electron chi connectivity index (χ1n) is 6.79. The number of nitro benzene ring substituents is 1. The molecule has 1 saturated heterocycles. The summed E-state index contributed by atoms with van der Waals surface area (Å²) in [6.07, 6.45) is 4.42. The van der Waals surface area contributed by atoms with Gasteiger partial charge in [-0.05, 0) is 18.4 Å². The van der Waals surface area contributed by atoms with Crippen molar-refractivity contribution in [3.05, 3.63) is 46.5 Å². The van der Waals surface area contributed by atoms with Crippen LogP contribution in [-0.4, -0.2) is 16.7 Å². The predicted octanol–water partition coefficient (Wildman–Crippen LogP) is 2.30. The van der Waals surface area contributed by atoms with E-state index in [4.69, 9.17) is 0 Å².